The van der Waals surface area contributed by atoms with E-state index in [1.54, 1.807) is 0 Å². The molecule has 1 aromatic heterocycles. The van der Waals surface area contributed by atoms with Crippen molar-refractivity contribution in [3.63, 3.8) is 0 Å². The summed E-state index contributed by atoms with van der Waals surface area (Å²) in [6.45, 7) is 5.00. The van der Waals surface area contributed by atoms with E-state index in [-0.39, 0.29) is 5.56 Å². The molecule has 0 aliphatic rings. The van der Waals surface area contributed by atoms with E-state index in [9.17, 15) is 4.79 Å². The van der Waals surface area contributed by atoms with Crippen LogP contribution in [-0.4, -0.2) is 15.0 Å². The Hall–Kier alpha value is -3.15. The molecular weight excluding hydrogens is 438 g/mol. The number of aromatic amines is 1. The van der Waals surface area contributed by atoms with E-state index in [4.69, 9.17) is 23.8 Å². The number of thiocarbonyl (C=S) groups is 1. The van der Waals surface area contributed by atoms with Crippen LogP contribution < -0.4 is 10.9 Å². The van der Waals surface area contributed by atoms with E-state index in [1.807, 2.05) is 78.6 Å². The number of hydrogen-bond acceptors (Lipinski definition) is 2. The van der Waals surface area contributed by atoms with Crippen molar-refractivity contribution in [3.05, 3.63) is 110 Å². The number of rotatable bonds is 5. The van der Waals surface area contributed by atoms with Gasteiger partial charge < -0.3 is 15.2 Å². The molecule has 0 radical (unpaired) electrons. The molecule has 3 aromatic carbocycles. The van der Waals surface area contributed by atoms with Gasteiger partial charge in [-0.15, -0.1) is 0 Å². The molecule has 0 aliphatic carbocycles. The highest BCUT2D eigenvalue weighted by Gasteiger charge is 2.15. The van der Waals surface area contributed by atoms with Crippen molar-refractivity contribution in [2.45, 2.75) is 26.9 Å². The molecule has 6 heteroatoms. The second kappa shape index (κ2) is 9.55. The first-order chi connectivity index (χ1) is 15.4. The minimum absolute atomic E-state index is 0.102. The fourth-order valence-electron chi connectivity index (χ4n) is 3.71. The van der Waals surface area contributed by atoms with E-state index in [0.717, 1.165) is 33.3 Å². The number of benzene rings is 3. The Morgan fingerprint density at radius 1 is 0.969 bits per heavy atom. The Morgan fingerprint density at radius 2 is 1.72 bits per heavy atom. The van der Waals surface area contributed by atoms with Crippen molar-refractivity contribution in [1.29, 1.82) is 0 Å². The van der Waals surface area contributed by atoms with Gasteiger partial charge in [-0.2, -0.15) is 0 Å². The number of hydrogen-bond donors (Lipinski definition) is 2. The average Bonchev–Trinajstić information content (AvgIpc) is 2.77. The van der Waals surface area contributed by atoms with Gasteiger partial charge in [0.1, 0.15) is 0 Å². The monoisotopic (exact) mass is 461 g/mol. The average molecular weight is 462 g/mol. The van der Waals surface area contributed by atoms with Crippen LogP contribution in [0.25, 0.3) is 10.9 Å². The van der Waals surface area contributed by atoms with E-state index >= 15 is 0 Å². The Kier molecular flexibility index (Phi) is 6.58. The summed E-state index contributed by atoms with van der Waals surface area (Å²) in [5, 5.41) is 5.46. The third-order valence-corrected chi connectivity index (χ3v) is 6.06. The van der Waals surface area contributed by atoms with Gasteiger partial charge in [0, 0.05) is 28.2 Å². The topological polar surface area (TPSA) is 48.1 Å². The van der Waals surface area contributed by atoms with Crippen molar-refractivity contribution in [2.24, 2.45) is 0 Å². The molecule has 0 spiro atoms. The minimum Gasteiger partial charge on any atom is -0.340 e. The lowest BCUT2D eigenvalue weighted by Gasteiger charge is -2.26. The van der Waals surface area contributed by atoms with E-state index in [2.05, 4.69) is 23.3 Å². The number of aromatic nitrogens is 1. The number of pyridine rings is 1. The second-order valence-corrected chi connectivity index (χ2v) is 8.72. The van der Waals surface area contributed by atoms with Crippen molar-refractivity contribution in [2.75, 3.05) is 5.32 Å². The molecule has 0 unspecified atom stereocenters. The number of H-pyrrole nitrogens is 1. The Morgan fingerprint density at radius 3 is 2.47 bits per heavy atom. The van der Waals surface area contributed by atoms with Crippen LogP contribution >= 0.6 is 23.8 Å². The third kappa shape index (κ3) is 5.01. The van der Waals surface area contributed by atoms with Crippen LogP contribution in [0.4, 0.5) is 5.69 Å². The fraction of sp³-hybridized carbons (Fsp3) is 0.154. The maximum atomic E-state index is 12.9. The van der Waals surface area contributed by atoms with Crippen LogP contribution in [0.5, 0.6) is 0 Å². The summed E-state index contributed by atoms with van der Waals surface area (Å²) in [4.78, 5) is 18.0. The van der Waals surface area contributed by atoms with Crippen LogP contribution in [0, 0.1) is 13.8 Å². The summed E-state index contributed by atoms with van der Waals surface area (Å²) < 4.78 is 0. The van der Waals surface area contributed by atoms with Crippen molar-refractivity contribution < 1.29 is 0 Å². The first kappa shape index (κ1) is 22.1. The number of nitrogens with one attached hydrogen (secondary N) is 2. The molecule has 0 saturated heterocycles. The molecule has 0 amide bonds. The van der Waals surface area contributed by atoms with Gasteiger partial charge in [0.05, 0.1) is 12.1 Å². The standard InChI is InChI=1S/C26H24ClN3OS/c1-17-11-12-18(2)24-23(17)13-20(25(31)29-24)16-30(15-19-7-4-3-5-8-19)26(32)28-22-10-6-9-21(27)14-22/h3-14H,15-16H2,1-2H3,(H,28,32)(H,29,31). The lowest BCUT2D eigenvalue weighted by Crippen LogP contribution is -2.35. The Labute approximate surface area is 197 Å². The highest BCUT2D eigenvalue weighted by molar-refractivity contribution is 7.80. The quantitative estimate of drug-likeness (QED) is 0.347. The highest BCUT2D eigenvalue weighted by Crippen LogP contribution is 2.21. The van der Waals surface area contributed by atoms with E-state index < -0.39 is 0 Å². The van der Waals surface area contributed by atoms with Gasteiger partial charge >= 0.3 is 0 Å². The largest absolute Gasteiger partial charge is 0.340 e. The zero-order valence-corrected chi connectivity index (χ0v) is 19.6. The van der Waals surface area contributed by atoms with Crippen molar-refractivity contribution in [1.82, 2.24) is 9.88 Å². The summed E-state index contributed by atoms with van der Waals surface area (Å²) in [5.74, 6) is 0. The van der Waals surface area contributed by atoms with E-state index in [0.29, 0.717) is 28.8 Å². The van der Waals surface area contributed by atoms with Crippen LogP contribution in [0.15, 0.2) is 77.6 Å². The smallest absolute Gasteiger partial charge is 0.253 e. The fourth-order valence-corrected chi connectivity index (χ4v) is 4.15. The van der Waals surface area contributed by atoms with Crippen LogP contribution in [-0.2, 0) is 13.1 Å². The zero-order chi connectivity index (χ0) is 22.7. The molecule has 0 atom stereocenters. The maximum absolute atomic E-state index is 12.9. The molecule has 162 valence electrons. The molecular formula is C26H24ClN3OS. The van der Waals surface area contributed by atoms with Crippen LogP contribution in [0.1, 0.15) is 22.3 Å². The summed E-state index contributed by atoms with van der Waals surface area (Å²) in [7, 11) is 0. The van der Waals surface area contributed by atoms with Crippen LogP contribution in [0.3, 0.4) is 0 Å². The minimum atomic E-state index is -0.102. The van der Waals surface area contributed by atoms with Crippen molar-refractivity contribution in [3.8, 4) is 0 Å². The lowest BCUT2D eigenvalue weighted by molar-refractivity contribution is 0.411. The van der Waals surface area contributed by atoms with Gasteiger partial charge in [-0.25, -0.2) is 0 Å². The third-order valence-electron chi connectivity index (χ3n) is 5.46. The van der Waals surface area contributed by atoms with Crippen LogP contribution in [0.2, 0.25) is 5.02 Å². The molecule has 4 aromatic rings. The first-order valence-corrected chi connectivity index (χ1v) is 11.2. The van der Waals surface area contributed by atoms with Gasteiger partial charge in [0.15, 0.2) is 5.11 Å². The molecule has 1 heterocycles. The molecule has 2 N–H and O–H groups in total. The predicted octanol–water partition coefficient (Wildman–Crippen LogP) is 6.20. The predicted molar refractivity (Wildman–Crippen MR) is 137 cm³/mol. The van der Waals surface area contributed by atoms with Gasteiger partial charge in [-0.05, 0) is 67.0 Å². The molecule has 4 rings (SSSR count). The second-order valence-electron chi connectivity index (χ2n) is 7.89. The molecule has 0 bridgehead atoms. The maximum Gasteiger partial charge on any atom is 0.253 e. The van der Waals surface area contributed by atoms with E-state index in [1.165, 1.54) is 0 Å². The molecule has 0 aliphatic heterocycles. The number of fused-ring (bicyclic) bond motifs is 1. The first-order valence-electron chi connectivity index (χ1n) is 10.4. The zero-order valence-electron chi connectivity index (χ0n) is 18.0. The molecule has 32 heavy (non-hydrogen) atoms. The number of anilines is 1. The number of aryl methyl sites for hydroxylation is 2. The summed E-state index contributed by atoms with van der Waals surface area (Å²) in [6.07, 6.45) is 0. The SMILES string of the molecule is Cc1ccc(C)c2[nH]c(=O)c(CN(Cc3ccccc3)C(=S)Nc3cccc(Cl)c3)cc12. The molecule has 0 fully saturated rings. The summed E-state index contributed by atoms with van der Waals surface area (Å²) in [5.41, 5.74) is 5.53. The Balaban J connectivity index is 1.68. The number of nitrogens with zero attached hydrogens (tertiary/aromatic N) is 1. The summed E-state index contributed by atoms with van der Waals surface area (Å²) in [6, 6.07) is 23.6. The van der Waals surface area contributed by atoms with Gasteiger partial charge in [-0.3, -0.25) is 4.79 Å². The Bertz CT molecular complexity index is 1330. The lowest BCUT2D eigenvalue weighted by atomic mass is 10.0. The van der Waals surface area contributed by atoms with Gasteiger partial charge in [0.25, 0.3) is 5.56 Å². The summed E-state index contributed by atoms with van der Waals surface area (Å²) >= 11 is 11.9. The van der Waals surface area contributed by atoms with Gasteiger partial charge in [-0.1, -0.05) is 60.1 Å². The molecule has 0 saturated carbocycles. The normalized spacial score (nSPS) is 10.8. The molecule has 4 nitrogen and oxygen atoms in total. The highest BCUT2D eigenvalue weighted by atomic mass is 35.5. The van der Waals surface area contributed by atoms with Crippen molar-refractivity contribution >= 4 is 45.5 Å². The number of halogens is 1. The van der Waals surface area contributed by atoms with Gasteiger partial charge in [0.2, 0.25) is 0 Å².